The number of H-pyrrole nitrogens is 1. The monoisotopic (exact) mass is 283 g/mol. The lowest BCUT2D eigenvalue weighted by Crippen LogP contribution is -2.44. The SMILES string of the molecule is O=C1OC2CC1N(C(=O)c1cc(-c3ccccc3)n[nH]1)C2. The smallest absolute Gasteiger partial charge is 0.329 e. The Balaban J connectivity index is 1.59. The summed E-state index contributed by atoms with van der Waals surface area (Å²) in [5, 5.41) is 6.93. The summed E-state index contributed by atoms with van der Waals surface area (Å²) >= 11 is 0. The third-order valence-electron chi connectivity index (χ3n) is 3.96. The zero-order valence-electron chi connectivity index (χ0n) is 11.2. The van der Waals surface area contributed by atoms with Crippen LogP contribution in [0.4, 0.5) is 0 Å². The van der Waals surface area contributed by atoms with E-state index in [0.717, 1.165) is 5.56 Å². The molecule has 2 aliphatic rings. The lowest BCUT2D eigenvalue weighted by Gasteiger charge is -2.24. The van der Waals surface area contributed by atoms with Crippen LogP contribution < -0.4 is 0 Å². The summed E-state index contributed by atoms with van der Waals surface area (Å²) in [4.78, 5) is 25.6. The van der Waals surface area contributed by atoms with E-state index in [-0.39, 0.29) is 18.0 Å². The van der Waals surface area contributed by atoms with E-state index >= 15 is 0 Å². The van der Waals surface area contributed by atoms with Gasteiger partial charge in [0.1, 0.15) is 17.8 Å². The quantitative estimate of drug-likeness (QED) is 0.841. The van der Waals surface area contributed by atoms with Gasteiger partial charge in [0.05, 0.1) is 12.2 Å². The number of amides is 1. The maximum atomic E-state index is 12.5. The van der Waals surface area contributed by atoms with Crippen molar-refractivity contribution in [1.82, 2.24) is 15.1 Å². The molecule has 2 fully saturated rings. The summed E-state index contributed by atoms with van der Waals surface area (Å²) in [6.45, 7) is 0.467. The number of morpholine rings is 1. The van der Waals surface area contributed by atoms with Crippen molar-refractivity contribution >= 4 is 11.9 Å². The average Bonchev–Trinajstić information content (AvgIpc) is 3.22. The molecular weight excluding hydrogens is 270 g/mol. The number of ether oxygens (including phenoxy) is 1. The lowest BCUT2D eigenvalue weighted by molar-refractivity contribution is -0.149. The Hall–Kier alpha value is -2.63. The number of hydrogen-bond donors (Lipinski definition) is 1. The van der Waals surface area contributed by atoms with Crippen LogP contribution in [0, 0.1) is 0 Å². The van der Waals surface area contributed by atoms with Gasteiger partial charge in [0, 0.05) is 12.0 Å². The van der Waals surface area contributed by atoms with Gasteiger partial charge in [0.2, 0.25) is 0 Å². The Labute approximate surface area is 120 Å². The molecule has 1 N–H and O–H groups in total. The maximum absolute atomic E-state index is 12.5. The second-order valence-electron chi connectivity index (χ2n) is 5.30. The van der Waals surface area contributed by atoms with Gasteiger partial charge in [-0.3, -0.25) is 9.89 Å². The van der Waals surface area contributed by atoms with Gasteiger partial charge in [0.15, 0.2) is 0 Å². The van der Waals surface area contributed by atoms with Crippen molar-refractivity contribution in [2.75, 3.05) is 6.54 Å². The van der Waals surface area contributed by atoms with Crippen LogP contribution >= 0.6 is 0 Å². The molecule has 0 aliphatic carbocycles. The molecule has 106 valence electrons. The van der Waals surface area contributed by atoms with Crippen LogP contribution in [0.2, 0.25) is 0 Å². The van der Waals surface area contributed by atoms with Crippen molar-refractivity contribution < 1.29 is 14.3 Å². The normalized spacial score (nSPS) is 23.4. The third-order valence-corrected chi connectivity index (χ3v) is 3.96. The number of hydrogen-bond acceptors (Lipinski definition) is 4. The molecule has 2 unspecified atom stereocenters. The number of aromatic nitrogens is 2. The molecule has 2 bridgehead atoms. The Morgan fingerprint density at radius 1 is 1.33 bits per heavy atom. The summed E-state index contributed by atoms with van der Waals surface area (Å²) in [6, 6.07) is 10.9. The lowest BCUT2D eigenvalue weighted by atomic mass is 10.1. The predicted octanol–water partition coefficient (Wildman–Crippen LogP) is 1.22. The summed E-state index contributed by atoms with van der Waals surface area (Å²) in [5.41, 5.74) is 2.05. The van der Waals surface area contributed by atoms with Gasteiger partial charge in [0.25, 0.3) is 5.91 Å². The van der Waals surface area contributed by atoms with Gasteiger partial charge >= 0.3 is 5.97 Å². The van der Waals surface area contributed by atoms with Crippen LogP contribution in [0.3, 0.4) is 0 Å². The summed E-state index contributed by atoms with van der Waals surface area (Å²) in [5.74, 6) is -0.503. The number of likely N-dealkylation sites (tertiary alicyclic amines) is 1. The van der Waals surface area contributed by atoms with Crippen molar-refractivity contribution in [2.24, 2.45) is 0 Å². The standard InChI is InChI=1S/C15H13N3O3/c19-14(18-8-10-6-13(18)15(20)21-10)12-7-11(16-17-12)9-4-2-1-3-5-9/h1-5,7,10,13H,6,8H2,(H,16,17). The van der Waals surface area contributed by atoms with Crippen molar-refractivity contribution in [3.05, 3.63) is 42.1 Å². The first-order chi connectivity index (χ1) is 10.2. The van der Waals surface area contributed by atoms with Gasteiger partial charge in [-0.1, -0.05) is 30.3 Å². The van der Waals surface area contributed by atoms with E-state index in [1.54, 1.807) is 11.0 Å². The largest absolute Gasteiger partial charge is 0.459 e. The average molecular weight is 283 g/mol. The highest BCUT2D eigenvalue weighted by atomic mass is 16.6. The second kappa shape index (κ2) is 4.44. The van der Waals surface area contributed by atoms with Gasteiger partial charge in [-0.05, 0) is 6.07 Å². The first-order valence-electron chi connectivity index (χ1n) is 6.84. The molecule has 2 aliphatic heterocycles. The molecule has 6 heteroatoms. The number of fused-ring (bicyclic) bond motifs is 2. The van der Waals surface area contributed by atoms with E-state index in [9.17, 15) is 9.59 Å². The van der Waals surface area contributed by atoms with Crippen LogP contribution in [-0.4, -0.2) is 45.7 Å². The molecule has 1 aromatic heterocycles. The van der Waals surface area contributed by atoms with Crippen LogP contribution in [0.5, 0.6) is 0 Å². The van der Waals surface area contributed by atoms with E-state index in [0.29, 0.717) is 24.4 Å². The van der Waals surface area contributed by atoms with E-state index < -0.39 is 6.04 Å². The molecule has 0 spiro atoms. The first-order valence-corrected chi connectivity index (χ1v) is 6.84. The molecule has 1 aromatic carbocycles. The van der Waals surface area contributed by atoms with E-state index in [1.807, 2.05) is 30.3 Å². The fourth-order valence-electron chi connectivity index (χ4n) is 2.92. The molecule has 1 amide bonds. The highest BCUT2D eigenvalue weighted by Crippen LogP contribution is 2.30. The highest BCUT2D eigenvalue weighted by molar-refractivity contribution is 5.97. The molecule has 2 aromatic rings. The van der Waals surface area contributed by atoms with Gasteiger partial charge in [-0.2, -0.15) is 5.10 Å². The number of rotatable bonds is 2. The molecule has 6 nitrogen and oxygen atoms in total. The molecule has 2 saturated heterocycles. The van der Waals surface area contributed by atoms with Crippen LogP contribution in [0.25, 0.3) is 11.3 Å². The van der Waals surface area contributed by atoms with Crippen LogP contribution in [0.15, 0.2) is 36.4 Å². The number of aromatic amines is 1. The summed E-state index contributed by atoms with van der Waals surface area (Å²) < 4.78 is 5.09. The summed E-state index contributed by atoms with van der Waals surface area (Å²) in [7, 11) is 0. The van der Waals surface area contributed by atoms with Gasteiger partial charge < -0.3 is 9.64 Å². The number of nitrogens with zero attached hydrogens (tertiary/aromatic N) is 2. The van der Waals surface area contributed by atoms with Gasteiger partial charge in [-0.25, -0.2) is 4.79 Å². The first kappa shape index (κ1) is 12.1. The Morgan fingerprint density at radius 3 is 2.86 bits per heavy atom. The van der Waals surface area contributed by atoms with Crippen LogP contribution in [0.1, 0.15) is 16.9 Å². The molecule has 21 heavy (non-hydrogen) atoms. The number of nitrogens with one attached hydrogen (secondary N) is 1. The molecular formula is C15H13N3O3. The second-order valence-corrected chi connectivity index (χ2v) is 5.30. The topological polar surface area (TPSA) is 75.3 Å². The maximum Gasteiger partial charge on any atom is 0.329 e. The number of carbonyl (C=O) groups is 2. The third kappa shape index (κ3) is 1.91. The Morgan fingerprint density at radius 2 is 2.14 bits per heavy atom. The zero-order chi connectivity index (χ0) is 14.4. The van der Waals surface area contributed by atoms with E-state index in [2.05, 4.69) is 10.2 Å². The molecule has 4 rings (SSSR count). The minimum absolute atomic E-state index is 0.150. The van der Waals surface area contributed by atoms with E-state index in [4.69, 9.17) is 4.74 Å². The predicted molar refractivity (Wildman–Crippen MR) is 73.3 cm³/mol. The van der Waals surface area contributed by atoms with Crippen molar-refractivity contribution in [3.8, 4) is 11.3 Å². The fourth-order valence-corrected chi connectivity index (χ4v) is 2.92. The van der Waals surface area contributed by atoms with E-state index in [1.165, 1.54) is 0 Å². The van der Waals surface area contributed by atoms with Crippen LogP contribution in [-0.2, 0) is 9.53 Å². The Bertz CT molecular complexity index is 710. The summed E-state index contributed by atoms with van der Waals surface area (Å²) in [6.07, 6.45) is 0.451. The number of benzene rings is 1. The molecule has 0 saturated carbocycles. The van der Waals surface area contributed by atoms with Crippen molar-refractivity contribution in [2.45, 2.75) is 18.6 Å². The minimum Gasteiger partial charge on any atom is -0.459 e. The fraction of sp³-hybridized carbons (Fsp3) is 0.267. The minimum atomic E-state index is -0.439. The zero-order valence-corrected chi connectivity index (χ0v) is 11.2. The number of esters is 1. The number of carbonyl (C=O) groups excluding carboxylic acids is 2. The van der Waals surface area contributed by atoms with Crippen molar-refractivity contribution in [3.63, 3.8) is 0 Å². The molecule has 0 radical (unpaired) electrons. The Kier molecular flexibility index (Phi) is 2.57. The molecule has 3 heterocycles. The van der Waals surface area contributed by atoms with Gasteiger partial charge in [-0.15, -0.1) is 0 Å². The highest BCUT2D eigenvalue weighted by Gasteiger charge is 2.48. The van der Waals surface area contributed by atoms with Crippen molar-refractivity contribution in [1.29, 1.82) is 0 Å². The molecule has 2 atom stereocenters.